The van der Waals surface area contributed by atoms with Gasteiger partial charge in [-0.3, -0.25) is 19.9 Å². The SMILES string of the molecule is Cn1nnnc1Sc1c(C(N)=O)cc([N+](=O)[O-])cc1-c1ncc(SC(F)(F)C(F)(F)F)cc1F. The molecule has 34 heavy (non-hydrogen) atoms. The third-order valence-electron chi connectivity index (χ3n) is 3.97. The number of thioether (sulfide) groups is 1. The molecule has 2 aromatic heterocycles. The first kappa shape index (κ1) is 25.2. The van der Waals surface area contributed by atoms with Crippen LogP contribution in [0.15, 0.2) is 39.3 Å². The van der Waals surface area contributed by atoms with E-state index < -0.39 is 61.7 Å². The number of nitro groups is 1. The second-order valence-electron chi connectivity index (χ2n) is 6.30. The number of amides is 1. The number of primary amides is 1. The normalized spacial score (nSPS) is 12.1. The minimum atomic E-state index is -5.91. The van der Waals surface area contributed by atoms with Gasteiger partial charge in [0.2, 0.25) is 11.1 Å². The third kappa shape index (κ3) is 5.06. The molecule has 10 nitrogen and oxygen atoms in total. The molecule has 0 atom stereocenters. The maximum Gasteiger partial charge on any atom is 0.464 e. The van der Waals surface area contributed by atoms with Gasteiger partial charge < -0.3 is 5.73 Å². The topological polar surface area (TPSA) is 143 Å². The predicted molar refractivity (Wildman–Crippen MR) is 105 cm³/mol. The Morgan fingerprint density at radius 1 is 1.21 bits per heavy atom. The molecule has 0 radical (unpaired) electrons. The summed E-state index contributed by atoms with van der Waals surface area (Å²) < 4.78 is 80.0. The van der Waals surface area contributed by atoms with E-state index in [1.54, 1.807) is 0 Å². The molecular formula is C16H9F6N7O3S2. The number of hydrogen-bond donors (Lipinski definition) is 1. The van der Waals surface area contributed by atoms with Crippen molar-refractivity contribution in [3.63, 3.8) is 0 Å². The lowest BCUT2D eigenvalue weighted by Crippen LogP contribution is -2.32. The number of nitrogens with zero attached hydrogens (tertiary/aromatic N) is 6. The molecule has 1 aromatic carbocycles. The van der Waals surface area contributed by atoms with Gasteiger partial charge in [0.05, 0.1) is 10.5 Å². The van der Waals surface area contributed by atoms with E-state index in [1.807, 2.05) is 0 Å². The van der Waals surface area contributed by atoms with Gasteiger partial charge in [-0.1, -0.05) is 0 Å². The molecule has 18 heteroatoms. The van der Waals surface area contributed by atoms with Gasteiger partial charge in [0.25, 0.3) is 5.69 Å². The van der Waals surface area contributed by atoms with Gasteiger partial charge in [-0.2, -0.15) is 22.0 Å². The Bertz CT molecular complexity index is 1280. The Labute approximate surface area is 193 Å². The molecule has 0 unspecified atom stereocenters. The number of nitro benzene ring substituents is 1. The fourth-order valence-electron chi connectivity index (χ4n) is 2.47. The molecule has 3 rings (SSSR count). The molecule has 0 saturated heterocycles. The van der Waals surface area contributed by atoms with Crippen molar-refractivity contribution in [2.24, 2.45) is 12.8 Å². The number of non-ortho nitro benzene ring substituents is 1. The van der Waals surface area contributed by atoms with Crippen molar-refractivity contribution in [2.45, 2.75) is 26.4 Å². The van der Waals surface area contributed by atoms with Crippen LogP contribution in [0.2, 0.25) is 0 Å². The van der Waals surface area contributed by atoms with Crippen LogP contribution in [-0.4, -0.2) is 47.5 Å². The van der Waals surface area contributed by atoms with Gasteiger partial charge >= 0.3 is 11.4 Å². The second-order valence-corrected chi connectivity index (χ2v) is 8.46. The molecule has 0 fully saturated rings. The maximum atomic E-state index is 14.9. The molecule has 1 amide bonds. The van der Waals surface area contributed by atoms with Crippen molar-refractivity contribution >= 4 is 35.1 Å². The van der Waals surface area contributed by atoms with Crippen molar-refractivity contribution in [1.29, 1.82) is 0 Å². The Hall–Kier alpha value is -3.41. The van der Waals surface area contributed by atoms with Crippen molar-refractivity contribution in [2.75, 3.05) is 0 Å². The number of pyridine rings is 1. The maximum absolute atomic E-state index is 14.9. The van der Waals surface area contributed by atoms with Crippen molar-refractivity contribution < 1.29 is 36.1 Å². The fraction of sp³-hybridized carbons (Fsp3) is 0.188. The van der Waals surface area contributed by atoms with Crippen molar-refractivity contribution in [3.05, 3.63) is 45.9 Å². The van der Waals surface area contributed by atoms with Crippen LogP contribution in [0.4, 0.5) is 32.0 Å². The smallest absolute Gasteiger partial charge is 0.366 e. The van der Waals surface area contributed by atoms with E-state index in [4.69, 9.17) is 5.73 Å². The lowest BCUT2D eigenvalue weighted by Gasteiger charge is -2.18. The highest BCUT2D eigenvalue weighted by Crippen LogP contribution is 2.48. The monoisotopic (exact) mass is 525 g/mol. The molecule has 0 spiro atoms. The molecule has 2 N–H and O–H groups in total. The van der Waals surface area contributed by atoms with E-state index in [0.717, 1.165) is 16.8 Å². The number of aromatic nitrogens is 5. The summed E-state index contributed by atoms with van der Waals surface area (Å²) in [5.41, 5.74) is 3.17. The van der Waals surface area contributed by atoms with Crippen LogP contribution >= 0.6 is 23.5 Å². The standard InChI is InChI=1S/C16H9F6N7O3S2/c1-28-14(25-26-27-28)33-12-8(2-6(29(31)32)3-9(12)13(23)30)11-10(17)4-7(5-24-11)34-16(21,22)15(18,19)20/h2-5H,1H3,(H2,23,30). The van der Waals surface area contributed by atoms with Gasteiger partial charge in [0, 0.05) is 40.7 Å². The number of rotatable bonds is 7. The number of aryl methyl sites for hydroxylation is 1. The zero-order valence-electron chi connectivity index (χ0n) is 16.4. The van der Waals surface area contributed by atoms with Crippen LogP contribution in [-0.2, 0) is 7.05 Å². The van der Waals surface area contributed by atoms with Crippen LogP contribution in [0.5, 0.6) is 0 Å². The lowest BCUT2D eigenvalue weighted by molar-refractivity contribution is -0.384. The summed E-state index contributed by atoms with van der Waals surface area (Å²) in [6, 6.07) is 2.01. The van der Waals surface area contributed by atoms with Gasteiger partial charge in [-0.05, 0) is 40.0 Å². The number of tetrazole rings is 1. The van der Waals surface area contributed by atoms with Gasteiger partial charge in [0.1, 0.15) is 5.69 Å². The van der Waals surface area contributed by atoms with E-state index >= 15 is 0 Å². The number of hydrogen-bond acceptors (Lipinski definition) is 9. The summed E-state index contributed by atoms with van der Waals surface area (Å²) in [7, 11) is 1.42. The Morgan fingerprint density at radius 2 is 1.88 bits per heavy atom. The Balaban J connectivity index is 2.18. The van der Waals surface area contributed by atoms with Crippen LogP contribution in [0, 0.1) is 15.9 Å². The molecule has 0 aliphatic rings. The largest absolute Gasteiger partial charge is 0.464 e. The first-order valence-corrected chi connectivity index (χ1v) is 10.2. The van der Waals surface area contributed by atoms with Crippen molar-refractivity contribution in [1.82, 2.24) is 25.2 Å². The zero-order valence-corrected chi connectivity index (χ0v) is 18.0. The predicted octanol–water partition coefficient (Wildman–Crippen LogP) is 3.82. The molecule has 0 saturated carbocycles. The molecule has 180 valence electrons. The first-order valence-electron chi connectivity index (χ1n) is 8.53. The first-order chi connectivity index (χ1) is 15.7. The van der Waals surface area contributed by atoms with Crippen LogP contribution in [0.25, 0.3) is 11.3 Å². The molecule has 0 aliphatic heterocycles. The summed E-state index contributed by atoms with van der Waals surface area (Å²) in [6.45, 7) is 0. The highest BCUT2D eigenvalue weighted by Gasteiger charge is 2.58. The summed E-state index contributed by atoms with van der Waals surface area (Å²) in [4.78, 5) is 25.0. The van der Waals surface area contributed by atoms with E-state index in [0.29, 0.717) is 24.0 Å². The number of carbonyl (C=O) groups is 1. The average Bonchev–Trinajstić information content (AvgIpc) is 3.11. The summed E-state index contributed by atoms with van der Waals surface area (Å²) in [6.07, 6.45) is -5.37. The van der Waals surface area contributed by atoms with E-state index in [1.165, 1.54) is 7.05 Å². The minimum Gasteiger partial charge on any atom is -0.366 e. The van der Waals surface area contributed by atoms with Crippen molar-refractivity contribution in [3.8, 4) is 11.3 Å². The number of nitrogens with two attached hydrogens (primary N) is 1. The van der Waals surface area contributed by atoms with Crippen LogP contribution in [0.1, 0.15) is 10.4 Å². The number of alkyl halides is 5. The van der Waals surface area contributed by atoms with E-state index in [2.05, 4.69) is 20.5 Å². The lowest BCUT2D eigenvalue weighted by atomic mass is 10.0. The number of halogens is 6. The quantitative estimate of drug-likeness (QED) is 0.211. The minimum absolute atomic E-state index is 0.0509. The molecular weight excluding hydrogens is 516 g/mol. The highest BCUT2D eigenvalue weighted by molar-refractivity contribution is 8.00. The third-order valence-corrected chi connectivity index (χ3v) is 6.09. The molecule has 2 heterocycles. The van der Waals surface area contributed by atoms with Crippen LogP contribution < -0.4 is 5.73 Å². The van der Waals surface area contributed by atoms with Crippen LogP contribution in [0.3, 0.4) is 0 Å². The highest BCUT2D eigenvalue weighted by atomic mass is 32.2. The molecule has 3 aromatic rings. The number of carbonyl (C=O) groups excluding carboxylic acids is 1. The van der Waals surface area contributed by atoms with Gasteiger partial charge in [-0.15, -0.1) is 5.10 Å². The van der Waals surface area contributed by atoms with Gasteiger partial charge in [0.15, 0.2) is 5.82 Å². The average molecular weight is 525 g/mol. The van der Waals surface area contributed by atoms with E-state index in [-0.39, 0.29) is 15.6 Å². The second kappa shape index (κ2) is 9.09. The molecule has 0 bridgehead atoms. The summed E-state index contributed by atoms with van der Waals surface area (Å²) in [5.74, 6) is -2.53. The zero-order chi connectivity index (χ0) is 25.4. The summed E-state index contributed by atoms with van der Waals surface area (Å²) in [5, 5.41) is 16.8. The fourth-order valence-corrected chi connectivity index (χ4v) is 4.11. The summed E-state index contributed by atoms with van der Waals surface area (Å²) >= 11 is -0.315. The molecule has 0 aliphatic carbocycles. The number of benzene rings is 1. The van der Waals surface area contributed by atoms with E-state index in [9.17, 15) is 41.3 Å². The Morgan fingerprint density at radius 3 is 2.38 bits per heavy atom. The Kier molecular flexibility index (Phi) is 6.74. The van der Waals surface area contributed by atoms with Gasteiger partial charge in [-0.25, -0.2) is 9.07 Å².